The smallest absolute Gasteiger partial charge is 0.318 e. The van der Waals surface area contributed by atoms with Crippen molar-refractivity contribution in [3.63, 3.8) is 0 Å². The highest BCUT2D eigenvalue weighted by Gasteiger charge is 2.45. The van der Waals surface area contributed by atoms with Crippen molar-refractivity contribution in [1.29, 1.82) is 0 Å². The first kappa shape index (κ1) is 19.7. The van der Waals surface area contributed by atoms with Gasteiger partial charge in [-0.3, -0.25) is 4.79 Å². The van der Waals surface area contributed by atoms with E-state index in [0.717, 1.165) is 12.8 Å². The highest BCUT2D eigenvalue weighted by atomic mass is 127. The normalized spacial score (nSPS) is 22.9. The average molecular weight is 425 g/mol. The van der Waals surface area contributed by atoms with E-state index in [2.05, 4.69) is 6.58 Å². The topological polar surface area (TPSA) is 59.0 Å². The number of rotatable bonds is 6. The third kappa shape index (κ3) is 5.38. The lowest BCUT2D eigenvalue weighted by Gasteiger charge is -2.51. The van der Waals surface area contributed by atoms with Crippen molar-refractivity contribution >= 4 is 28.6 Å². The Labute approximate surface area is 147 Å². The molecule has 5 nitrogen and oxygen atoms in total. The van der Waals surface area contributed by atoms with Crippen molar-refractivity contribution in [2.45, 2.75) is 75.0 Å². The minimum Gasteiger partial charge on any atom is -0.495 e. The van der Waals surface area contributed by atoms with Crippen LogP contribution in [-0.4, -0.2) is 44.0 Å². The molecule has 0 spiro atoms. The minimum absolute atomic E-state index is 0.0000929. The van der Waals surface area contributed by atoms with Crippen molar-refractivity contribution in [1.82, 2.24) is 5.06 Å². The lowest BCUT2D eigenvalue weighted by atomic mass is 9.80. The lowest BCUT2D eigenvalue weighted by Crippen LogP contribution is -2.60. The summed E-state index contributed by atoms with van der Waals surface area (Å²) in [5.74, 6) is 0.404. The molecule has 1 unspecified atom stereocenters. The predicted molar refractivity (Wildman–Crippen MR) is 94.1 cm³/mol. The second-order valence-electron chi connectivity index (χ2n) is 7.16. The first-order chi connectivity index (χ1) is 9.95. The van der Waals surface area contributed by atoms with Gasteiger partial charge in [-0.2, -0.15) is 5.06 Å². The van der Waals surface area contributed by atoms with E-state index in [9.17, 15) is 10.0 Å². The molecular formula is C16H28INO4. The zero-order valence-electron chi connectivity index (χ0n) is 14.2. The number of halogens is 1. The van der Waals surface area contributed by atoms with Crippen molar-refractivity contribution in [3.8, 4) is 0 Å². The van der Waals surface area contributed by atoms with Crippen molar-refractivity contribution < 1.29 is 19.5 Å². The number of esters is 1. The van der Waals surface area contributed by atoms with Crippen molar-refractivity contribution in [2.75, 3.05) is 6.61 Å². The van der Waals surface area contributed by atoms with Gasteiger partial charge in [0, 0.05) is 30.3 Å². The number of piperidine rings is 1. The van der Waals surface area contributed by atoms with E-state index in [0.29, 0.717) is 12.2 Å². The van der Waals surface area contributed by atoms with Crippen LogP contribution in [0.15, 0.2) is 12.3 Å². The molecule has 1 heterocycles. The summed E-state index contributed by atoms with van der Waals surface area (Å²) in [6, 6.07) is 0. The molecule has 0 saturated carbocycles. The number of hydrogen-bond acceptors (Lipinski definition) is 5. The van der Waals surface area contributed by atoms with E-state index in [1.54, 1.807) is 6.92 Å². The Kier molecular flexibility index (Phi) is 6.71. The van der Waals surface area contributed by atoms with Gasteiger partial charge in [-0.25, -0.2) is 0 Å². The van der Waals surface area contributed by atoms with Gasteiger partial charge in [0.05, 0.1) is 12.4 Å². The van der Waals surface area contributed by atoms with Gasteiger partial charge in [0.1, 0.15) is 10.0 Å². The summed E-state index contributed by atoms with van der Waals surface area (Å²) in [5, 5.41) is 11.7. The Hall–Kier alpha value is -0.340. The van der Waals surface area contributed by atoms with Gasteiger partial charge >= 0.3 is 5.97 Å². The molecule has 1 fully saturated rings. The molecule has 0 aromatic heterocycles. The van der Waals surface area contributed by atoms with Crippen LogP contribution in [0.3, 0.4) is 0 Å². The monoisotopic (exact) mass is 425 g/mol. The fraction of sp³-hybridized carbons (Fsp3) is 0.812. The van der Waals surface area contributed by atoms with Crippen LogP contribution in [-0.2, 0) is 14.3 Å². The second kappa shape index (κ2) is 7.49. The maximum Gasteiger partial charge on any atom is 0.318 e. The maximum atomic E-state index is 11.4. The van der Waals surface area contributed by atoms with Crippen LogP contribution in [0, 0.1) is 0 Å². The molecule has 0 radical (unpaired) electrons. The van der Waals surface area contributed by atoms with Gasteiger partial charge in [0.2, 0.25) is 0 Å². The summed E-state index contributed by atoms with van der Waals surface area (Å²) >= 11 is 2.02. The van der Waals surface area contributed by atoms with Crippen LogP contribution >= 0.6 is 22.6 Å². The largest absolute Gasteiger partial charge is 0.495 e. The van der Waals surface area contributed by atoms with Gasteiger partial charge in [0.25, 0.3) is 0 Å². The van der Waals surface area contributed by atoms with E-state index in [4.69, 9.17) is 9.47 Å². The third-order valence-corrected chi connectivity index (χ3v) is 4.39. The first-order valence-electron chi connectivity index (χ1n) is 7.60. The second-order valence-corrected chi connectivity index (χ2v) is 9.03. The first-order valence-corrected chi connectivity index (χ1v) is 8.84. The fourth-order valence-electron chi connectivity index (χ4n) is 2.94. The Morgan fingerprint density at radius 2 is 1.86 bits per heavy atom. The number of ether oxygens (including phenoxy) is 2. The summed E-state index contributed by atoms with van der Waals surface area (Å²) in [5.41, 5.74) is -0.703. The lowest BCUT2D eigenvalue weighted by molar-refractivity contribution is -0.258. The number of hydrogen-bond donors (Lipinski definition) is 1. The van der Waals surface area contributed by atoms with Gasteiger partial charge in [-0.15, -0.1) is 0 Å². The number of nitrogens with zero attached hydrogens (tertiary/aromatic N) is 1. The average Bonchev–Trinajstić information content (AvgIpc) is 2.34. The SMILES string of the molecule is C=C(CCOC(=O)C(C)I)OC1CC(C)(C)N(O)C(C)(C)C1. The maximum absolute atomic E-state index is 11.4. The molecule has 0 aromatic rings. The number of carbonyl (C=O) groups excluding carboxylic acids is 1. The molecule has 1 aliphatic rings. The Morgan fingerprint density at radius 1 is 1.36 bits per heavy atom. The van der Waals surface area contributed by atoms with Gasteiger partial charge < -0.3 is 14.7 Å². The van der Waals surface area contributed by atoms with E-state index >= 15 is 0 Å². The molecule has 0 bridgehead atoms. The van der Waals surface area contributed by atoms with Gasteiger partial charge in [0.15, 0.2) is 0 Å². The van der Waals surface area contributed by atoms with E-state index in [-0.39, 0.29) is 33.7 Å². The van der Waals surface area contributed by atoms with Gasteiger partial charge in [-0.05, 0) is 34.6 Å². The van der Waals surface area contributed by atoms with Crippen molar-refractivity contribution in [2.24, 2.45) is 0 Å². The van der Waals surface area contributed by atoms with Gasteiger partial charge in [-0.1, -0.05) is 29.2 Å². The molecule has 128 valence electrons. The van der Waals surface area contributed by atoms with Crippen LogP contribution in [0.4, 0.5) is 0 Å². The van der Waals surface area contributed by atoms with Crippen LogP contribution in [0.1, 0.15) is 53.9 Å². The molecular weight excluding hydrogens is 397 g/mol. The third-order valence-electron chi connectivity index (χ3n) is 3.88. The van der Waals surface area contributed by atoms with Crippen LogP contribution in [0.25, 0.3) is 0 Å². The molecule has 1 rings (SSSR count). The Balaban J connectivity index is 2.46. The molecule has 1 N–H and O–H groups in total. The van der Waals surface area contributed by atoms with Crippen molar-refractivity contribution in [3.05, 3.63) is 12.3 Å². The Morgan fingerprint density at radius 3 is 2.32 bits per heavy atom. The summed E-state index contributed by atoms with van der Waals surface area (Å²) in [6.45, 7) is 14.0. The molecule has 0 aliphatic carbocycles. The number of alkyl halides is 1. The summed E-state index contributed by atoms with van der Waals surface area (Å²) in [6.07, 6.45) is 1.93. The molecule has 1 atom stereocenters. The molecule has 0 aromatic carbocycles. The van der Waals surface area contributed by atoms with Crippen LogP contribution in [0.2, 0.25) is 0 Å². The zero-order chi connectivity index (χ0) is 17.1. The molecule has 22 heavy (non-hydrogen) atoms. The summed E-state index contributed by atoms with van der Waals surface area (Å²) in [4.78, 5) is 11.4. The zero-order valence-corrected chi connectivity index (χ0v) is 16.3. The standard InChI is InChI=1S/C16H28INO4/c1-11(7-8-21-14(19)12(2)17)22-13-9-15(3,4)18(20)16(5,6)10-13/h12-13,20H,1,7-10H2,2-6H3. The molecule has 1 saturated heterocycles. The molecule has 0 amide bonds. The van der Waals surface area contributed by atoms with Crippen LogP contribution in [0.5, 0.6) is 0 Å². The molecule has 6 heteroatoms. The highest BCUT2D eigenvalue weighted by Crippen LogP contribution is 2.38. The van der Waals surface area contributed by atoms with E-state index in [1.807, 2.05) is 50.3 Å². The number of carbonyl (C=O) groups is 1. The summed E-state index contributed by atoms with van der Waals surface area (Å²) < 4.78 is 10.9. The molecule has 1 aliphatic heterocycles. The quantitative estimate of drug-likeness (QED) is 0.305. The van der Waals surface area contributed by atoms with E-state index in [1.165, 1.54) is 5.06 Å². The van der Waals surface area contributed by atoms with E-state index < -0.39 is 0 Å². The predicted octanol–water partition coefficient (Wildman–Crippen LogP) is 3.68. The minimum atomic E-state index is -0.351. The Bertz CT molecular complexity index is 402. The highest BCUT2D eigenvalue weighted by molar-refractivity contribution is 14.1. The number of hydroxylamine groups is 2. The fourth-order valence-corrected chi connectivity index (χ4v) is 3.12. The van der Waals surface area contributed by atoms with Crippen LogP contribution < -0.4 is 0 Å². The summed E-state index contributed by atoms with van der Waals surface area (Å²) in [7, 11) is 0.